The molecule has 2 N–H and O–H groups in total. The third kappa shape index (κ3) is 3.58. The van der Waals surface area contributed by atoms with E-state index in [0.29, 0.717) is 5.82 Å². The van der Waals surface area contributed by atoms with Crippen LogP contribution in [0.3, 0.4) is 0 Å². The van der Waals surface area contributed by atoms with Crippen molar-refractivity contribution in [1.82, 2.24) is 4.98 Å². The van der Waals surface area contributed by atoms with Gasteiger partial charge < -0.3 is 15.2 Å². The molecule has 0 bridgehead atoms. The Morgan fingerprint density at radius 2 is 2.28 bits per heavy atom. The summed E-state index contributed by atoms with van der Waals surface area (Å²) in [7, 11) is 0. The molecule has 0 atom stereocenters. The number of nitrogens with zero attached hydrogens (tertiary/aromatic N) is 1. The van der Waals surface area contributed by atoms with Gasteiger partial charge in [-0.2, -0.15) is 0 Å². The molecule has 1 heterocycles. The van der Waals surface area contributed by atoms with E-state index in [1.807, 2.05) is 13.0 Å². The summed E-state index contributed by atoms with van der Waals surface area (Å²) >= 11 is 0. The van der Waals surface area contributed by atoms with Crippen molar-refractivity contribution in [2.24, 2.45) is 0 Å². The number of aryl methyl sites for hydroxylation is 1. The van der Waals surface area contributed by atoms with E-state index in [9.17, 15) is 9.59 Å². The fraction of sp³-hybridized carbons (Fsp3) is 0.250. The molecule has 1 aromatic heterocycles. The number of nitrogens with one attached hydrogen (secondary N) is 1. The van der Waals surface area contributed by atoms with E-state index in [0.717, 1.165) is 11.8 Å². The maximum absolute atomic E-state index is 11.4. The predicted molar refractivity (Wildman–Crippen MR) is 64.9 cm³/mol. The number of carbonyl (C=O) groups is 2. The highest BCUT2D eigenvalue weighted by molar-refractivity contribution is 6.13. The lowest BCUT2D eigenvalue weighted by molar-refractivity contribution is -0.143. The molecule has 0 amide bonds. The molecule has 0 saturated carbocycles. The molecule has 0 aliphatic carbocycles. The summed E-state index contributed by atoms with van der Waals surface area (Å²) < 4.78 is 4.64. The summed E-state index contributed by atoms with van der Waals surface area (Å²) in [5.41, 5.74) is 0.365. The maximum atomic E-state index is 11.4. The summed E-state index contributed by atoms with van der Waals surface area (Å²) in [6, 6.07) is 3.57. The summed E-state index contributed by atoms with van der Waals surface area (Å²) in [6.45, 7) is 3.54. The van der Waals surface area contributed by atoms with E-state index in [4.69, 9.17) is 5.11 Å². The van der Waals surface area contributed by atoms with Crippen LogP contribution in [-0.4, -0.2) is 28.6 Å². The Morgan fingerprint density at radius 3 is 2.83 bits per heavy atom. The van der Waals surface area contributed by atoms with Crippen molar-refractivity contribution in [1.29, 1.82) is 0 Å². The molecule has 0 radical (unpaired) electrons. The fourth-order valence-electron chi connectivity index (χ4n) is 1.19. The van der Waals surface area contributed by atoms with Crippen LogP contribution < -0.4 is 5.32 Å². The number of rotatable bonds is 5. The van der Waals surface area contributed by atoms with Crippen molar-refractivity contribution in [3.8, 4) is 0 Å². The fourth-order valence-corrected chi connectivity index (χ4v) is 1.19. The minimum Gasteiger partial charge on any atom is -0.477 e. The highest BCUT2D eigenvalue weighted by atomic mass is 16.5. The van der Waals surface area contributed by atoms with Crippen LogP contribution in [-0.2, 0) is 14.3 Å². The molecule has 0 fully saturated rings. The number of esters is 1. The number of hydrogen-bond donors (Lipinski definition) is 2. The second kappa shape index (κ2) is 6.39. The Morgan fingerprint density at radius 1 is 1.56 bits per heavy atom. The molecule has 0 spiro atoms. The van der Waals surface area contributed by atoms with Crippen molar-refractivity contribution in [3.05, 3.63) is 35.7 Å². The van der Waals surface area contributed by atoms with Crippen molar-refractivity contribution >= 4 is 17.8 Å². The van der Waals surface area contributed by atoms with Gasteiger partial charge in [-0.05, 0) is 25.5 Å². The first kappa shape index (κ1) is 13.7. The van der Waals surface area contributed by atoms with Gasteiger partial charge in [0.25, 0.3) is 0 Å². The molecule has 0 aliphatic heterocycles. The van der Waals surface area contributed by atoms with Crippen molar-refractivity contribution in [2.75, 3.05) is 11.9 Å². The predicted octanol–water partition coefficient (Wildman–Crippen LogP) is 1.33. The van der Waals surface area contributed by atoms with E-state index in [-0.39, 0.29) is 6.61 Å². The number of pyridine rings is 1. The maximum Gasteiger partial charge on any atom is 0.347 e. The monoisotopic (exact) mass is 250 g/mol. The number of hydrogen-bond acceptors (Lipinski definition) is 5. The van der Waals surface area contributed by atoms with Crippen LogP contribution >= 0.6 is 0 Å². The lowest BCUT2D eigenvalue weighted by Crippen LogP contribution is -2.16. The van der Waals surface area contributed by atoms with Crippen molar-refractivity contribution in [2.45, 2.75) is 13.8 Å². The van der Waals surface area contributed by atoms with Gasteiger partial charge in [-0.15, -0.1) is 0 Å². The molecule has 0 aliphatic rings. The van der Waals surface area contributed by atoms with E-state index < -0.39 is 17.5 Å². The lowest BCUT2D eigenvalue weighted by Gasteiger charge is -2.05. The number of anilines is 1. The molecule has 0 unspecified atom stereocenters. The summed E-state index contributed by atoms with van der Waals surface area (Å²) in [5.74, 6) is -1.75. The first-order chi connectivity index (χ1) is 8.56. The van der Waals surface area contributed by atoms with Crippen LogP contribution in [0.1, 0.15) is 12.5 Å². The van der Waals surface area contributed by atoms with Crippen LogP contribution in [0, 0.1) is 6.92 Å². The smallest absolute Gasteiger partial charge is 0.347 e. The molecule has 0 saturated heterocycles. The van der Waals surface area contributed by atoms with Gasteiger partial charge in [0.15, 0.2) is 5.57 Å². The summed E-state index contributed by atoms with van der Waals surface area (Å²) in [5, 5.41) is 11.6. The van der Waals surface area contributed by atoms with Gasteiger partial charge in [-0.25, -0.2) is 14.6 Å². The number of ether oxygens (including phenoxy) is 1. The van der Waals surface area contributed by atoms with Crippen LogP contribution in [0.25, 0.3) is 0 Å². The van der Waals surface area contributed by atoms with Gasteiger partial charge in [0.05, 0.1) is 6.61 Å². The van der Waals surface area contributed by atoms with Crippen LogP contribution in [0.4, 0.5) is 5.82 Å². The van der Waals surface area contributed by atoms with Crippen LogP contribution in [0.5, 0.6) is 0 Å². The quantitative estimate of drug-likeness (QED) is 0.355. The number of carbonyl (C=O) groups excluding carboxylic acids is 1. The average Bonchev–Trinajstić information content (AvgIpc) is 2.31. The van der Waals surface area contributed by atoms with E-state index in [2.05, 4.69) is 15.0 Å². The Bertz CT molecular complexity index is 483. The second-order valence-corrected chi connectivity index (χ2v) is 3.40. The summed E-state index contributed by atoms with van der Waals surface area (Å²) in [6.07, 6.45) is 2.64. The van der Waals surface area contributed by atoms with Gasteiger partial charge in [0.1, 0.15) is 5.82 Å². The molecule has 1 rings (SSSR count). The zero-order valence-electron chi connectivity index (χ0n) is 10.1. The van der Waals surface area contributed by atoms with Gasteiger partial charge in [0.2, 0.25) is 0 Å². The van der Waals surface area contributed by atoms with Crippen LogP contribution in [0.2, 0.25) is 0 Å². The molecule has 96 valence electrons. The lowest BCUT2D eigenvalue weighted by atomic mass is 10.2. The minimum absolute atomic E-state index is 0.117. The normalized spacial score (nSPS) is 10.9. The average molecular weight is 250 g/mol. The van der Waals surface area contributed by atoms with E-state index in [1.54, 1.807) is 19.2 Å². The highest BCUT2D eigenvalue weighted by Gasteiger charge is 2.18. The standard InChI is InChI=1S/C12H14N2O4/c1-3-18-12(17)9(11(15)16)7-14-10-8(2)5-4-6-13-10/h4-7H,3H2,1-2H3,(H,13,14)(H,15,16). The molecule has 1 aromatic rings. The molecule has 6 nitrogen and oxygen atoms in total. The molecule has 0 aromatic carbocycles. The first-order valence-electron chi connectivity index (χ1n) is 5.35. The van der Waals surface area contributed by atoms with Gasteiger partial charge >= 0.3 is 11.9 Å². The van der Waals surface area contributed by atoms with E-state index >= 15 is 0 Å². The number of carboxylic acids is 1. The van der Waals surface area contributed by atoms with Crippen LogP contribution in [0.15, 0.2) is 30.1 Å². The Labute approximate surface area is 104 Å². The zero-order chi connectivity index (χ0) is 13.5. The molecule has 18 heavy (non-hydrogen) atoms. The second-order valence-electron chi connectivity index (χ2n) is 3.40. The van der Waals surface area contributed by atoms with Crippen molar-refractivity contribution in [3.63, 3.8) is 0 Å². The zero-order valence-corrected chi connectivity index (χ0v) is 10.1. The van der Waals surface area contributed by atoms with Gasteiger partial charge in [-0.3, -0.25) is 0 Å². The van der Waals surface area contributed by atoms with E-state index in [1.165, 1.54) is 0 Å². The molecular formula is C12H14N2O4. The third-order valence-corrected chi connectivity index (χ3v) is 2.09. The Hall–Kier alpha value is -2.37. The number of aromatic nitrogens is 1. The van der Waals surface area contributed by atoms with Gasteiger partial charge in [-0.1, -0.05) is 6.07 Å². The third-order valence-electron chi connectivity index (χ3n) is 2.09. The summed E-state index contributed by atoms with van der Waals surface area (Å²) in [4.78, 5) is 26.3. The minimum atomic E-state index is -1.35. The largest absolute Gasteiger partial charge is 0.477 e. The van der Waals surface area contributed by atoms with Crippen molar-refractivity contribution < 1.29 is 19.4 Å². The SMILES string of the molecule is CCOC(=O)C(=CNc1ncccc1C)C(=O)O. The van der Waals surface area contributed by atoms with Gasteiger partial charge in [0, 0.05) is 12.4 Å². The molecule has 6 heteroatoms. The first-order valence-corrected chi connectivity index (χ1v) is 5.35. The topological polar surface area (TPSA) is 88.5 Å². The number of aliphatic carboxylic acids is 1. The Balaban J connectivity index is 2.88. The molecular weight excluding hydrogens is 236 g/mol. The number of carboxylic acid groups (broad SMARTS) is 1. The highest BCUT2D eigenvalue weighted by Crippen LogP contribution is 2.10. The Kier molecular flexibility index (Phi) is 4.86.